The molecule has 1 aromatic heterocycles. The fourth-order valence-electron chi connectivity index (χ4n) is 1.49. The molecule has 0 aliphatic rings. The van der Waals surface area contributed by atoms with E-state index in [4.69, 9.17) is 5.11 Å². The van der Waals surface area contributed by atoms with Crippen LogP contribution in [-0.4, -0.2) is 28.6 Å². The first-order valence-corrected chi connectivity index (χ1v) is 6.56. The van der Waals surface area contributed by atoms with Gasteiger partial charge >= 0.3 is 0 Å². The number of benzene rings is 1. The average molecular weight is 262 g/mol. The van der Waals surface area contributed by atoms with Crippen LogP contribution in [0.25, 0.3) is 11.3 Å². The molecule has 0 spiro atoms. The Bertz CT molecular complexity index is 506. The second-order valence-electron chi connectivity index (χ2n) is 4.01. The molecule has 0 radical (unpaired) electrons. The van der Waals surface area contributed by atoms with Gasteiger partial charge in [0, 0.05) is 23.1 Å². The zero-order valence-electron chi connectivity index (χ0n) is 9.96. The fourth-order valence-corrected chi connectivity index (χ4v) is 2.05. The van der Waals surface area contributed by atoms with E-state index in [1.54, 1.807) is 24.6 Å². The van der Waals surface area contributed by atoms with Gasteiger partial charge in [-0.05, 0) is 19.1 Å². The van der Waals surface area contributed by atoms with E-state index < -0.39 is 6.10 Å². The molecular weight excluding hydrogens is 248 g/mol. The fraction of sp³-hybridized carbons (Fsp3) is 0.231. The maximum absolute atomic E-state index is 11.7. The van der Waals surface area contributed by atoms with Gasteiger partial charge in [-0.15, -0.1) is 11.3 Å². The highest BCUT2D eigenvalue weighted by Crippen LogP contribution is 2.19. The Morgan fingerprint density at radius 2 is 2.17 bits per heavy atom. The summed E-state index contributed by atoms with van der Waals surface area (Å²) in [6.07, 6.45) is -0.539. The van der Waals surface area contributed by atoms with Crippen LogP contribution in [0.2, 0.25) is 0 Å². The number of amides is 1. The van der Waals surface area contributed by atoms with E-state index >= 15 is 0 Å². The van der Waals surface area contributed by atoms with E-state index in [0.29, 0.717) is 5.56 Å². The van der Waals surface area contributed by atoms with Crippen molar-refractivity contribution in [1.29, 1.82) is 0 Å². The number of aliphatic hydroxyl groups excluding tert-OH is 1. The Morgan fingerprint density at radius 1 is 1.44 bits per heavy atom. The Morgan fingerprint density at radius 3 is 2.72 bits per heavy atom. The molecule has 0 fully saturated rings. The molecule has 0 saturated heterocycles. The molecule has 2 rings (SSSR count). The maximum atomic E-state index is 11.7. The highest BCUT2D eigenvalue weighted by atomic mass is 32.1. The van der Waals surface area contributed by atoms with Crippen molar-refractivity contribution in [2.24, 2.45) is 0 Å². The molecule has 18 heavy (non-hydrogen) atoms. The van der Waals surface area contributed by atoms with E-state index in [2.05, 4.69) is 10.3 Å². The van der Waals surface area contributed by atoms with E-state index in [9.17, 15) is 4.79 Å². The van der Waals surface area contributed by atoms with Crippen LogP contribution in [0.15, 0.2) is 35.2 Å². The minimum atomic E-state index is -0.539. The van der Waals surface area contributed by atoms with Gasteiger partial charge in [-0.1, -0.05) is 12.1 Å². The van der Waals surface area contributed by atoms with Crippen LogP contribution in [0.1, 0.15) is 17.3 Å². The summed E-state index contributed by atoms with van der Waals surface area (Å²) in [6, 6.07) is 7.25. The zero-order chi connectivity index (χ0) is 13.0. The van der Waals surface area contributed by atoms with Gasteiger partial charge in [0.05, 0.1) is 17.3 Å². The van der Waals surface area contributed by atoms with Gasteiger partial charge in [-0.3, -0.25) is 4.79 Å². The van der Waals surface area contributed by atoms with Crippen molar-refractivity contribution in [3.63, 3.8) is 0 Å². The third kappa shape index (κ3) is 3.15. The first-order valence-electron chi connectivity index (χ1n) is 5.61. The zero-order valence-corrected chi connectivity index (χ0v) is 10.8. The van der Waals surface area contributed by atoms with Gasteiger partial charge in [0.2, 0.25) is 0 Å². The number of nitrogens with zero attached hydrogens (tertiary/aromatic N) is 1. The Hall–Kier alpha value is -1.72. The summed E-state index contributed by atoms with van der Waals surface area (Å²) < 4.78 is 0. The molecule has 94 valence electrons. The summed E-state index contributed by atoms with van der Waals surface area (Å²) in [5.74, 6) is -0.180. The van der Waals surface area contributed by atoms with Crippen molar-refractivity contribution in [3.8, 4) is 11.3 Å². The number of hydrogen-bond donors (Lipinski definition) is 2. The summed E-state index contributed by atoms with van der Waals surface area (Å²) in [5.41, 5.74) is 4.26. The predicted molar refractivity (Wildman–Crippen MR) is 71.6 cm³/mol. The lowest BCUT2D eigenvalue weighted by molar-refractivity contribution is 0.0924. The van der Waals surface area contributed by atoms with Crippen molar-refractivity contribution in [2.75, 3.05) is 6.54 Å². The normalized spacial score (nSPS) is 12.1. The summed E-state index contributed by atoms with van der Waals surface area (Å²) in [5, 5.41) is 13.7. The predicted octanol–water partition coefficient (Wildman–Crippen LogP) is 1.92. The van der Waals surface area contributed by atoms with Crippen molar-refractivity contribution in [2.45, 2.75) is 13.0 Å². The minimum Gasteiger partial charge on any atom is -0.392 e. The number of carbonyl (C=O) groups excluding carboxylic acids is 1. The average Bonchev–Trinajstić information content (AvgIpc) is 2.90. The van der Waals surface area contributed by atoms with Crippen LogP contribution in [0.4, 0.5) is 0 Å². The van der Waals surface area contributed by atoms with Gasteiger partial charge in [-0.2, -0.15) is 0 Å². The van der Waals surface area contributed by atoms with Crippen LogP contribution in [0, 0.1) is 0 Å². The maximum Gasteiger partial charge on any atom is 0.251 e. The monoisotopic (exact) mass is 262 g/mol. The molecule has 2 aromatic rings. The molecule has 1 heterocycles. The van der Waals surface area contributed by atoms with E-state index in [-0.39, 0.29) is 12.5 Å². The number of rotatable bonds is 4. The molecular formula is C13H14N2O2S. The molecule has 1 unspecified atom stereocenters. The summed E-state index contributed by atoms with van der Waals surface area (Å²) >= 11 is 1.54. The van der Waals surface area contributed by atoms with Crippen LogP contribution >= 0.6 is 11.3 Å². The smallest absolute Gasteiger partial charge is 0.251 e. The lowest BCUT2D eigenvalue weighted by Gasteiger charge is -2.07. The van der Waals surface area contributed by atoms with Crippen molar-refractivity contribution in [1.82, 2.24) is 10.3 Å². The summed E-state index contributed by atoms with van der Waals surface area (Å²) in [6.45, 7) is 1.89. The highest BCUT2D eigenvalue weighted by Gasteiger charge is 2.07. The molecule has 2 N–H and O–H groups in total. The molecule has 5 heteroatoms. The van der Waals surface area contributed by atoms with E-state index in [1.165, 1.54) is 11.3 Å². The van der Waals surface area contributed by atoms with Crippen LogP contribution in [-0.2, 0) is 0 Å². The number of aromatic nitrogens is 1. The standard InChI is InChI=1S/C13H14N2O2S/c1-9(16)6-14-13(17)11-4-2-10(3-5-11)12-7-18-8-15-12/h2-5,7-9,16H,6H2,1H3,(H,14,17). The quantitative estimate of drug-likeness (QED) is 0.885. The van der Waals surface area contributed by atoms with Crippen LogP contribution in [0.5, 0.6) is 0 Å². The highest BCUT2D eigenvalue weighted by molar-refractivity contribution is 7.07. The van der Waals surface area contributed by atoms with Gasteiger partial charge in [0.25, 0.3) is 5.91 Å². The van der Waals surface area contributed by atoms with Crippen molar-refractivity contribution >= 4 is 17.2 Å². The van der Waals surface area contributed by atoms with Gasteiger partial charge in [0.1, 0.15) is 0 Å². The van der Waals surface area contributed by atoms with E-state index in [1.807, 2.05) is 17.5 Å². The molecule has 0 saturated carbocycles. The third-order valence-corrected chi connectivity index (χ3v) is 3.02. The molecule has 0 aliphatic carbocycles. The van der Waals surface area contributed by atoms with Crippen molar-refractivity contribution < 1.29 is 9.90 Å². The Balaban J connectivity index is 2.06. The van der Waals surface area contributed by atoms with Gasteiger partial charge < -0.3 is 10.4 Å². The molecule has 0 aliphatic heterocycles. The number of nitrogens with one attached hydrogen (secondary N) is 1. The first-order chi connectivity index (χ1) is 8.66. The van der Waals surface area contributed by atoms with Crippen molar-refractivity contribution in [3.05, 3.63) is 40.7 Å². The summed E-state index contributed by atoms with van der Waals surface area (Å²) in [7, 11) is 0. The SMILES string of the molecule is CC(O)CNC(=O)c1ccc(-c2cscn2)cc1. The molecule has 0 bridgehead atoms. The van der Waals surface area contributed by atoms with Gasteiger partial charge in [-0.25, -0.2) is 4.98 Å². The number of carbonyl (C=O) groups is 1. The number of thiazole rings is 1. The van der Waals surface area contributed by atoms with Crippen LogP contribution in [0.3, 0.4) is 0 Å². The summed E-state index contributed by atoms with van der Waals surface area (Å²) in [4.78, 5) is 15.9. The number of aliphatic hydroxyl groups is 1. The second-order valence-corrected chi connectivity index (χ2v) is 4.73. The molecule has 1 atom stereocenters. The largest absolute Gasteiger partial charge is 0.392 e. The molecule has 1 aromatic carbocycles. The van der Waals surface area contributed by atoms with E-state index in [0.717, 1.165) is 11.3 Å². The topological polar surface area (TPSA) is 62.2 Å². The Kier molecular flexibility index (Phi) is 4.07. The minimum absolute atomic E-state index is 0.180. The lowest BCUT2D eigenvalue weighted by atomic mass is 10.1. The van der Waals surface area contributed by atoms with Crippen LogP contribution < -0.4 is 5.32 Å². The molecule has 4 nitrogen and oxygen atoms in total. The number of hydrogen-bond acceptors (Lipinski definition) is 4. The lowest BCUT2D eigenvalue weighted by Crippen LogP contribution is -2.30. The third-order valence-electron chi connectivity index (χ3n) is 2.43. The van der Waals surface area contributed by atoms with Gasteiger partial charge in [0.15, 0.2) is 0 Å². The Labute approximate surface area is 109 Å². The second kappa shape index (κ2) is 5.75. The first kappa shape index (κ1) is 12.7. The molecule has 1 amide bonds.